The van der Waals surface area contributed by atoms with E-state index < -0.39 is 15.4 Å². The van der Waals surface area contributed by atoms with E-state index in [1.165, 1.54) is 30.5 Å². The van der Waals surface area contributed by atoms with Gasteiger partial charge in [-0.3, -0.25) is 4.79 Å². The molecule has 0 aliphatic carbocycles. The molecule has 0 radical (unpaired) electrons. The number of hydrogen-bond acceptors (Lipinski definition) is 4. The van der Waals surface area contributed by atoms with Crippen LogP contribution >= 0.6 is 0 Å². The molecule has 1 saturated heterocycles. The fraction of sp³-hybridized carbons (Fsp3) is 0.435. The van der Waals surface area contributed by atoms with Gasteiger partial charge in [-0.15, -0.1) is 0 Å². The Kier molecular flexibility index (Phi) is 5.89. The maximum Gasteiger partial charge on any atom is 0.242 e. The van der Waals surface area contributed by atoms with Crippen LogP contribution in [0.25, 0.3) is 0 Å². The first-order chi connectivity index (χ1) is 14.8. The van der Waals surface area contributed by atoms with E-state index >= 15 is 0 Å². The number of amides is 1. The molecule has 0 saturated carbocycles. The predicted octanol–water partition coefficient (Wildman–Crippen LogP) is 2.71. The maximum atomic E-state index is 13.8. The zero-order chi connectivity index (χ0) is 22.2. The topological polar surface area (TPSA) is 66.9 Å². The van der Waals surface area contributed by atoms with Crippen LogP contribution in [0.1, 0.15) is 29.5 Å². The molecule has 31 heavy (non-hydrogen) atoms. The zero-order valence-electron chi connectivity index (χ0n) is 17.8. The molecular formula is C23H27FN2O4S. The molecule has 2 aliphatic rings. The minimum absolute atomic E-state index is 0.00562. The van der Waals surface area contributed by atoms with E-state index in [9.17, 15) is 17.6 Å². The average molecular weight is 447 g/mol. The summed E-state index contributed by atoms with van der Waals surface area (Å²) >= 11 is 0. The highest BCUT2D eigenvalue weighted by Crippen LogP contribution is 2.38. The van der Waals surface area contributed by atoms with Gasteiger partial charge in [0.25, 0.3) is 0 Å². The second-order valence-corrected chi connectivity index (χ2v) is 10.5. The number of carbonyl (C=O) groups excluding carboxylic acids is 1. The molecule has 1 amide bonds. The summed E-state index contributed by atoms with van der Waals surface area (Å²) in [4.78, 5) is 15.9. The van der Waals surface area contributed by atoms with E-state index in [0.29, 0.717) is 50.5 Å². The molecule has 4 rings (SSSR count). The summed E-state index contributed by atoms with van der Waals surface area (Å²) < 4.78 is 45.7. The van der Waals surface area contributed by atoms with Gasteiger partial charge < -0.3 is 9.64 Å². The van der Waals surface area contributed by atoms with Gasteiger partial charge in [0, 0.05) is 40.4 Å². The molecule has 2 heterocycles. The van der Waals surface area contributed by atoms with Crippen LogP contribution in [0.4, 0.5) is 4.39 Å². The number of benzene rings is 2. The van der Waals surface area contributed by atoms with Crippen LogP contribution in [0.2, 0.25) is 0 Å². The van der Waals surface area contributed by atoms with Crippen LogP contribution in [0, 0.1) is 5.82 Å². The van der Waals surface area contributed by atoms with Crippen molar-refractivity contribution in [3.8, 4) is 0 Å². The highest BCUT2D eigenvalue weighted by Gasteiger charge is 2.44. The standard InChI is InChI=1S/C23H27FN2O4S/c1-25(2)31(28,29)21-5-3-4-17-16-26(13-10-20(17)21)22(27)23(11-14-30-15-12-23)18-6-8-19(24)9-7-18/h3-9H,10-16H2,1-2H3. The van der Waals surface area contributed by atoms with Crippen molar-refractivity contribution >= 4 is 15.9 Å². The molecule has 2 aromatic rings. The van der Waals surface area contributed by atoms with Crippen molar-refractivity contribution in [3.05, 3.63) is 65.0 Å². The molecule has 6 nitrogen and oxygen atoms in total. The van der Waals surface area contributed by atoms with Gasteiger partial charge in [-0.05, 0) is 54.2 Å². The molecule has 0 bridgehead atoms. The predicted molar refractivity (Wildman–Crippen MR) is 115 cm³/mol. The van der Waals surface area contributed by atoms with E-state index in [-0.39, 0.29) is 11.7 Å². The van der Waals surface area contributed by atoms with Gasteiger partial charge in [-0.2, -0.15) is 0 Å². The number of fused-ring (bicyclic) bond motifs is 1. The van der Waals surface area contributed by atoms with Crippen molar-refractivity contribution in [2.75, 3.05) is 33.9 Å². The molecule has 0 atom stereocenters. The summed E-state index contributed by atoms with van der Waals surface area (Å²) in [5, 5.41) is 0. The number of halogens is 1. The Balaban J connectivity index is 1.67. The van der Waals surface area contributed by atoms with E-state index in [1.54, 1.807) is 24.3 Å². The second kappa shape index (κ2) is 8.33. The lowest BCUT2D eigenvalue weighted by molar-refractivity contribution is -0.142. The van der Waals surface area contributed by atoms with E-state index in [2.05, 4.69) is 0 Å². The van der Waals surface area contributed by atoms with Gasteiger partial charge in [-0.25, -0.2) is 17.1 Å². The molecule has 166 valence electrons. The lowest BCUT2D eigenvalue weighted by Crippen LogP contribution is -2.51. The van der Waals surface area contributed by atoms with Crippen molar-refractivity contribution in [1.29, 1.82) is 0 Å². The summed E-state index contributed by atoms with van der Waals surface area (Å²) in [5.74, 6) is -0.339. The lowest BCUT2D eigenvalue weighted by atomic mass is 9.72. The molecular weight excluding hydrogens is 419 g/mol. The molecule has 1 fully saturated rings. The average Bonchev–Trinajstić information content (AvgIpc) is 2.78. The molecule has 2 aliphatic heterocycles. The molecule has 0 N–H and O–H groups in total. The van der Waals surface area contributed by atoms with Crippen molar-refractivity contribution in [1.82, 2.24) is 9.21 Å². The quantitative estimate of drug-likeness (QED) is 0.724. The first-order valence-electron chi connectivity index (χ1n) is 10.4. The van der Waals surface area contributed by atoms with Gasteiger partial charge in [0.15, 0.2) is 0 Å². The highest BCUT2D eigenvalue weighted by molar-refractivity contribution is 7.89. The molecule has 0 unspecified atom stereocenters. The molecule has 0 aromatic heterocycles. The van der Waals surface area contributed by atoms with Gasteiger partial charge in [0.1, 0.15) is 5.82 Å². The van der Waals surface area contributed by atoms with Gasteiger partial charge in [0.2, 0.25) is 15.9 Å². The Morgan fingerprint density at radius 1 is 1.10 bits per heavy atom. The zero-order valence-corrected chi connectivity index (χ0v) is 18.6. The van der Waals surface area contributed by atoms with Gasteiger partial charge in [0.05, 0.1) is 10.3 Å². The van der Waals surface area contributed by atoms with Crippen LogP contribution in [0.3, 0.4) is 0 Å². The maximum absolute atomic E-state index is 13.8. The van der Waals surface area contributed by atoms with Crippen LogP contribution in [-0.2, 0) is 37.9 Å². The van der Waals surface area contributed by atoms with Crippen LogP contribution in [0.5, 0.6) is 0 Å². The van der Waals surface area contributed by atoms with E-state index in [1.807, 2.05) is 11.0 Å². The number of sulfonamides is 1. The number of nitrogens with zero attached hydrogens (tertiary/aromatic N) is 2. The third-order valence-corrected chi connectivity index (χ3v) is 8.32. The first kappa shape index (κ1) is 21.9. The summed E-state index contributed by atoms with van der Waals surface area (Å²) in [6, 6.07) is 11.4. The minimum Gasteiger partial charge on any atom is -0.381 e. The summed E-state index contributed by atoms with van der Waals surface area (Å²) in [6.45, 7) is 1.74. The van der Waals surface area contributed by atoms with Gasteiger partial charge in [-0.1, -0.05) is 24.3 Å². The Labute approximate surface area is 182 Å². The fourth-order valence-corrected chi connectivity index (χ4v) is 5.79. The Morgan fingerprint density at radius 3 is 2.42 bits per heavy atom. The Bertz CT molecular complexity index is 1080. The van der Waals surface area contributed by atoms with E-state index in [4.69, 9.17) is 4.74 Å². The molecule has 8 heteroatoms. The summed E-state index contributed by atoms with van der Waals surface area (Å²) in [7, 11) is -0.520. The number of rotatable bonds is 4. The third kappa shape index (κ3) is 3.88. The van der Waals surface area contributed by atoms with Crippen molar-refractivity contribution in [2.24, 2.45) is 0 Å². The smallest absolute Gasteiger partial charge is 0.242 e. The Morgan fingerprint density at radius 2 is 1.77 bits per heavy atom. The lowest BCUT2D eigenvalue weighted by Gasteiger charge is -2.42. The highest BCUT2D eigenvalue weighted by atomic mass is 32.2. The number of hydrogen-bond donors (Lipinski definition) is 0. The van der Waals surface area contributed by atoms with Crippen molar-refractivity contribution < 1.29 is 22.3 Å². The van der Waals surface area contributed by atoms with E-state index in [0.717, 1.165) is 16.7 Å². The van der Waals surface area contributed by atoms with Crippen molar-refractivity contribution in [3.63, 3.8) is 0 Å². The van der Waals surface area contributed by atoms with Crippen LogP contribution in [0.15, 0.2) is 47.4 Å². The van der Waals surface area contributed by atoms with Crippen molar-refractivity contribution in [2.45, 2.75) is 36.1 Å². The third-order valence-electron chi connectivity index (χ3n) is 6.42. The SMILES string of the molecule is CN(C)S(=O)(=O)c1cccc2c1CCN(C(=O)C1(c3ccc(F)cc3)CCOCC1)C2. The normalized spacial score (nSPS) is 18.6. The van der Waals surface area contributed by atoms with Crippen LogP contribution in [-0.4, -0.2) is 57.4 Å². The monoisotopic (exact) mass is 446 g/mol. The number of ether oxygens (including phenoxy) is 1. The summed E-state index contributed by atoms with van der Waals surface area (Å²) in [5.41, 5.74) is 1.68. The molecule has 0 spiro atoms. The van der Waals surface area contributed by atoms with Gasteiger partial charge >= 0.3 is 0 Å². The largest absolute Gasteiger partial charge is 0.381 e. The molecule has 2 aromatic carbocycles. The first-order valence-corrected chi connectivity index (χ1v) is 11.9. The minimum atomic E-state index is -3.56. The number of carbonyl (C=O) groups is 1. The second-order valence-electron chi connectivity index (χ2n) is 8.36. The fourth-order valence-electron chi connectivity index (χ4n) is 4.60. The summed E-state index contributed by atoms with van der Waals surface area (Å²) in [6.07, 6.45) is 1.55. The van der Waals surface area contributed by atoms with Crippen LogP contribution < -0.4 is 0 Å². The Hall–Kier alpha value is -2.29.